The summed E-state index contributed by atoms with van der Waals surface area (Å²) in [5, 5.41) is 0. The molecule has 0 heterocycles. The Morgan fingerprint density at radius 2 is 2.06 bits per heavy atom. The minimum absolute atomic E-state index is 0.219. The van der Waals surface area contributed by atoms with Gasteiger partial charge in [-0.15, -0.1) is 0 Å². The van der Waals surface area contributed by atoms with Crippen LogP contribution in [0, 0.1) is 0 Å². The first-order valence-corrected chi connectivity index (χ1v) is 6.11. The van der Waals surface area contributed by atoms with E-state index in [2.05, 4.69) is 0 Å². The van der Waals surface area contributed by atoms with Crippen LogP contribution < -0.4 is 0 Å². The monoisotopic (exact) mass is 249 g/mol. The Hall–Kier alpha value is -1.68. The normalized spacial score (nSPS) is 10.3. The maximum Gasteiger partial charge on any atom is 0.320 e. The highest BCUT2D eigenvalue weighted by Gasteiger charge is 2.11. The molecule has 0 saturated carbocycles. The van der Waals surface area contributed by atoms with Gasteiger partial charge in [0.1, 0.15) is 6.29 Å². The molecule has 98 valence electrons. The Balaban J connectivity index is 2.54. The molecule has 1 rings (SSSR count). The molecule has 0 bridgehead atoms. The summed E-state index contributed by atoms with van der Waals surface area (Å²) in [6, 6.07) is 9.86. The van der Waals surface area contributed by atoms with E-state index in [9.17, 15) is 9.59 Å². The third-order valence-corrected chi connectivity index (χ3v) is 2.47. The van der Waals surface area contributed by atoms with Crippen LogP contribution in [0.3, 0.4) is 0 Å². The standard InChI is InChI=1S/C14H19NO3/c1-2-18-14(17)12-15(9-6-10-16)11-13-7-4-3-5-8-13/h3-5,7-8,10H,2,6,9,11-12H2,1H3. The number of benzene rings is 1. The first kappa shape index (κ1) is 14.4. The molecule has 4 nitrogen and oxygen atoms in total. The predicted octanol–water partition coefficient (Wildman–Crippen LogP) is 1.64. The first-order chi connectivity index (χ1) is 8.76. The SMILES string of the molecule is CCOC(=O)CN(CCC=O)Cc1ccccc1. The maximum absolute atomic E-state index is 11.5. The molecule has 0 amide bonds. The molecule has 1 aromatic carbocycles. The van der Waals surface area contributed by atoms with Gasteiger partial charge in [-0.1, -0.05) is 30.3 Å². The van der Waals surface area contributed by atoms with Crippen LogP contribution in [0.4, 0.5) is 0 Å². The number of carbonyl (C=O) groups excluding carboxylic acids is 2. The molecule has 0 N–H and O–H groups in total. The van der Waals surface area contributed by atoms with Gasteiger partial charge in [-0.05, 0) is 12.5 Å². The molecular formula is C14H19NO3. The topological polar surface area (TPSA) is 46.6 Å². The van der Waals surface area contributed by atoms with Crippen LogP contribution in [-0.4, -0.2) is 36.9 Å². The van der Waals surface area contributed by atoms with Gasteiger partial charge < -0.3 is 9.53 Å². The lowest BCUT2D eigenvalue weighted by Crippen LogP contribution is -2.31. The summed E-state index contributed by atoms with van der Waals surface area (Å²) in [5.41, 5.74) is 1.12. The second-order valence-corrected chi connectivity index (χ2v) is 3.96. The second-order valence-electron chi connectivity index (χ2n) is 3.96. The number of carbonyl (C=O) groups is 2. The van der Waals surface area contributed by atoms with Crippen molar-refractivity contribution in [2.24, 2.45) is 0 Å². The van der Waals surface area contributed by atoms with Crippen molar-refractivity contribution in [2.75, 3.05) is 19.7 Å². The van der Waals surface area contributed by atoms with E-state index in [-0.39, 0.29) is 12.5 Å². The van der Waals surface area contributed by atoms with Gasteiger partial charge in [0, 0.05) is 19.5 Å². The smallest absolute Gasteiger partial charge is 0.320 e. The lowest BCUT2D eigenvalue weighted by atomic mass is 10.2. The molecule has 0 aromatic heterocycles. The Bertz CT molecular complexity index is 365. The van der Waals surface area contributed by atoms with Crippen LogP contribution in [0.25, 0.3) is 0 Å². The Morgan fingerprint density at radius 1 is 1.33 bits per heavy atom. The fourth-order valence-electron chi connectivity index (χ4n) is 1.68. The van der Waals surface area contributed by atoms with Gasteiger partial charge in [-0.25, -0.2) is 0 Å². The van der Waals surface area contributed by atoms with Gasteiger partial charge in [0.15, 0.2) is 0 Å². The van der Waals surface area contributed by atoms with E-state index in [1.54, 1.807) is 6.92 Å². The number of ether oxygens (including phenoxy) is 1. The quantitative estimate of drug-likeness (QED) is 0.519. The number of rotatable bonds is 8. The highest BCUT2D eigenvalue weighted by atomic mass is 16.5. The maximum atomic E-state index is 11.5. The highest BCUT2D eigenvalue weighted by molar-refractivity contribution is 5.71. The Labute approximate surface area is 108 Å². The van der Waals surface area contributed by atoms with Gasteiger partial charge in [0.05, 0.1) is 13.2 Å². The van der Waals surface area contributed by atoms with Crippen molar-refractivity contribution in [2.45, 2.75) is 19.9 Å². The van der Waals surface area contributed by atoms with Crippen molar-refractivity contribution in [3.63, 3.8) is 0 Å². The molecule has 0 unspecified atom stereocenters. The van der Waals surface area contributed by atoms with Gasteiger partial charge in [-0.2, -0.15) is 0 Å². The van der Waals surface area contributed by atoms with Gasteiger partial charge in [0.25, 0.3) is 0 Å². The lowest BCUT2D eigenvalue weighted by molar-refractivity contribution is -0.144. The summed E-state index contributed by atoms with van der Waals surface area (Å²) in [6.07, 6.45) is 1.29. The zero-order valence-electron chi connectivity index (χ0n) is 10.7. The minimum Gasteiger partial charge on any atom is -0.465 e. The van der Waals surface area contributed by atoms with Crippen molar-refractivity contribution in [3.05, 3.63) is 35.9 Å². The van der Waals surface area contributed by atoms with Gasteiger partial charge in [0.2, 0.25) is 0 Å². The molecule has 0 radical (unpaired) electrons. The molecule has 0 aliphatic carbocycles. The number of esters is 1. The third-order valence-electron chi connectivity index (χ3n) is 2.47. The Kier molecular flexibility index (Phi) is 6.72. The highest BCUT2D eigenvalue weighted by Crippen LogP contribution is 2.05. The molecule has 0 spiro atoms. The van der Waals surface area contributed by atoms with Gasteiger partial charge in [-0.3, -0.25) is 9.69 Å². The zero-order chi connectivity index (χ0) is 13.2. The molecule has 0 fully saturated rings. The average Bonchev–Trinajstić information content (AvgIpc) is 2.37. The largest absolute Gasteiger partial charge is 0.465 e. The van der Waals surface area contributed by atoms with E-state index in [0.29, 0.717) is 26.1 Å². The van der Waals surface area contributed by atoms with Crippen molar-refractivity contribution in [1.29, 1.82) is 0 Å². The second kappa shape index (κ2) is 8.42. The fourth-order valence-corrected chi connectivity index (χ4v) is 1.68. The summed E-state index contributed by atoms with van der Waals surface area (Å²) in [4.78, 5) is 23.8. The first-order valence-electron chi connectivity index (χ1n) is 6.11. The number of hydrogen-bond acceptors (Lipinski definition) is 4. The van der Waals surface area contributed by atoms with Crippen molar-refractivity contribution in [1.82, 2.24) is 4.90 Å². The van der Waals surface area contributed by atoms with E-state index in [0.717, 1.165) is 11.8 Å². The van der Waals surface area contributed by atoms with E-state index < -0.39 is 0 Å². The minimum atomic E-state index is -0.251. The summed E-state index contributed by atoms with van der Waals surface area (Å²) in [7, 11) is 0. The van der Waals surface area contributed by atoms with Crippen LogP contribution in [0.2, 0.25) is 0 Å². The summed E-state index contributed by atoms with van der Waals surface area (Å²) < 4.78 is 4.92. The fraction of sp³-hybridized carbons (Fsp3) is 0.429. The van der Waals surface area contributed by atoms with Gasteiger partial charge >= 0.3 is 5.97 Å². The van der Waals surface area contributed by atoms with E-state index >= 15 is 0 Å². The van der Waals surface area contributed by atoms with Crippen LogP contribution in [0.5, 0.6) is 0 Å². The molecule has 0 aliphatic heterocycles. The molecule has 1 aromatic rings. The summed E-state index contributed by atoms with van der Waals surface area (Å²) in [5.74, 6) is -0.251. The Morgan fingerprint density at radius 3 is 2.67 bits per heavy atom. The molecule has 4 heteroatoms. The molecular weight excluding hydrogens is 230 g/mol. The van der Waals surface area contributed by atoms with Crippen LogP contribution in [-0.2, 0) is 20.9 Å². The molecule has 18 heavy (non-hydrogen) atoms. The average molecular weight is 249 g/mol. The van der Waals surface area contributed by atoms with E-state index in [4.69, 9.17) is 4.74 Å². The molecule has 0 saturated heterocycles. The van der Waals surface area contributed by atoms with Crippen LogP contribution in [0.15, 0.2) is 30.3 Å². The number of hydrogen-bond donors (Lipinski definition) is 0. The molecule has 0 atom stereocenters. The predicted molar refractivity (Wildman–Crippen MR) is 69.0 cm³/mol. The zero-order valence-corrected chi connectivity index (χ0v) is 10.7. The van der Waals surface area contributed by atoms with Crippen molar-refractivity contribution in [3.8, 4) is 0 Å². The van der Waals surface area contributed by atoms with Crippen molar-refractivity contribution < 1.29 is 14.3 Å². The third kappa shape index (κ3) is 5.59. The van der Waals surface area contributed by atoms with Crippen LogP contribution >= 0.6 is 0 Å². The molecule has 0 aliphatic rings. The van der Waals surface area contributed by atoms with E-state index in [1.807, 2.05) is 35.2 Å². The summed E-state index contributed by atoms with van der Waals surface area (Å²) in [6.45, 7) is 3.60. The summed E-state index contributed by atoms with van der Waals surface area (Å²) >= 11 is 0. The number of nitrogens with zero attached hydrogens (tertiary/aromatic N) is 1. The van der Waals surface area contributed by atoms with Crippen molar-refractivity contribution >= 4 is 12.3 Å². The lowest BCUT2D eigenvalue weighted by Gasteiger charge is -2.20. The number of aldehydes is 1. The van der Waals surface area contributed by atoms with E-state index in [1.165, 1.54) is 0 Å². The van der Waals surface area contributed by atoms with Crippen LogP contribution in [0.1, 0.15) is 18.9 Å².